The minimum Gasteiger partial charge on any atom is -0.392 e. The summed E-state index contributed by atoms with van der Waals surface area (Å²) in [4.78, 5) is 3.02. The Balaban J connectivity index is 2.79. The van der Waals surface area contributed by atoms with Crippen LogP contribution in [-0.2, 0) is 6.61 Å². The molecule has 0 saturated heterocycles. The molecule has 2 rings (SSSR count). The number of aryl methyl sites for hydroxylation is 1. The fourth-order valence-corrected chi connectivity index (χ4v) is 1.57. The van der Waals surface area contributed by atoms with E-state index >= 15 is 0 Å². The standard InChI is InChI=1S/C10H10FNO/c1-6-9(5-13)8-3-2-7(11)4-10(8)12-6/h2-4,12-13H,5H2,1H3. The molecule has 68 valence electrons. The van der Waals surface area contributed by atoms with Crippen LogP contribution in [-0.4, -0.2) is 10.1 Å². The number of aliphatic hydroxyl groups excluding tert-OH is 1. The van der Waals surface area contributed by atoms with E-state index in [0.717, 1.165) is 22.2 Å². The number of hydrogen-bond donors (Lipinski definition) is 2. The Bertz CT molecular complexity index is 447. The maximum Gasteiger partial charge on any atom is 0.125 e. The van der Waals surface area contributed by atoms with Crippen molar-refractivity contribution in [3.63, 3.8) is 0 Å². The zero-order chi connectivity index (χ0) is 9.42. The molecule has 0 bridgehead atoms. The Morgan fingerprint density at radius 2 is 2.23 bits per heavy atom. The number of halogens is 1. The zero-order valence-electron chi connectivity index (χ0n) is 7.26. The predicted octanol–water partition coefficient (Wildman–Crippen LogP) is 2.11. The molecule has 1 aromatic heterocycles. The van der Waals surface area contributed by atoms with E-state index < -0.39 is 0 Å². The molecule has 2 nitrogen and oxygen atoms in total. The van der Waals surface area contributed by atoms with Crippen LogP contribution in [0.2, 0.25) is 0 Å². The summed E-state index contributed by atoms with van der Waals surface area (Å²) in [5.74, 6) is -0.266. The molecule has 0 atom stereocenters. The first-order valence-corrected chi connectivity index (χ1v) is 4.10. The predicted molar refractivity (Wildman–Crippen MR) is 48.9 cm³/mol. The van der Waals surface area contributed by atoms with Gasteiger partial charge in [0.15, 0.2) is 0 Å². The third-order valence-electron chi connectivity index (χ3n) is 2.24. The van der Waals surface area contributed by atoms with Gasteiger partial charge in [-0.2, -0.15) is 0 Å². The van der Waals surface area contributed by atoms with Gasteiger partial charge in [0, 0.05) is 22.2 Å². The first-order chi connectivity index (χ1) is 6.22. The normalized spacial score (nSPS) is 11.0. The Labute approximate surface area is 75.0 Å². The van der Waals surface area contributed by atoms with Crippen LogP contribution in [0.5, 0.6) is 0 Å². The molecule has 0 aliphatic heterocycles. The molecule has 0 aliphatic carbocycles. The monoisotopic (exact) mass is 179 g/mol. The Morgan fingerprint density at radius 1 is 1.46 bits per heavy atom. The maximum atomic E-state index is 12.8. The molecular formula is C10H10FNO. The number of H-pyrrole nitrogens is 1. The summed E-state index contributed by atoms with van der Waals surface area (Å²) in [6.45, 7) is 1.85. The van der Waals surface area contributed by atoms with Crippen molar-refractivity contribution in [3.8, 4) is 0 Å². The number of aliphatic hydroxyl groups is 1. The van der Waals surface area contributed by atoms with Gasteiger partial charge in [-0.3, -0.25) is 0 Å². The smallest absolute Gasteiger partial charge is 0.125 e. The molecule has 0 radical (unpaired) electrons. The molecule has 3 heteroatoms. The molecule has 2 aromatic rings. The lowest BCUT2D eigenvalue weighted by Gasteiger charge is -1.93. The summed E-state index contributed by atoms with van der Waals surface area (Å²) in [6, 6.07) is 4.51. The van der Waals surface area contributed by atoms with E-state index in [1.807, 2.05) is 6.92 Å². The lowest BCUT2D eigenvalue weighted by Crippen LogP contribution is -1.83. The third-order valence-corrected chi connectivity index (χ3v) is 2.24. The number of fused-ring (bicyclic) bond motifs is 1. The van der Waals surface area contributed by atoms with E-state index in [2.05, 4.69) is 4.98 Å². The SMILES string of the molecule is Cc1[nH]c2cc(F)ccc2c1CO. The van der Waals surface area contributed by atoms with Gasteiger partial charge in [0.2, 0.25) is 0 Å². The maximum absolute atomic E-state index is 12.8. The van der Waals surface area contributed by atoms with Gasteiger partial charge in [0.1, 0.15) is 5.82 Å². The number of benzene rings is 1. The van der Waals surface area contributed by atoms with Crippen molar-refractivity contribution in [3.05, 3.63) is 35.3 Å². The van der Waals surface area contributed by atoms with Crippen molar-refractivity contribution in [2.24, 2.45) is 0 Å². The highest BCUT2D eigenvalue weighted by molar-refractivity contribution is 5.84. The van der Waals surface area contributed by atoms with Crippen LogP contribution in [0.1, 0.15) is 11.3 Å². The second kappa shape index (κ2) is 2.85. The number of rotatable bonds is 1. The summed E-state index contributed by atoms with van der Waals surface area (Å²) in [5, 5.41) is 9.95. The average molecular weight is 179 g/mol. The fourth-order valence-electron chi connectivity index (χ4n) is 1.57. The van der Waals surface area contributed by atoms with E-state index in [1.165, 1.54) is 12.1 Å². The van der Waals surface area contributed by atoms with Crippen molar-refractivity contribution in [2.75, 3.05) is 0 Å². The molecule has 0 aliphatic rings. The molecule has 0 spiro atoms. The van der Waals surface area contributed by atoms with Gasteiger partial charge < -0.3 is 10.1 Å². The number of aromatic amines is 1. The Kier molecular flexibility index (Phi) is 1.81. The second-order valence-corrected chi connectivity index (χ2v) is 3.08. The van der Waals surface area contributed by atoms with Crippen molar-refractivity contribution in [1.82, 2.24) is 4.98 Å². The summed E-state index contributed by atoms with van der Waals surface area (Å²) >= 11 is 0. The van der Waals surface area contributed by atoms with E-state index in [1.54, 1.807) is 6.07 Å². The van der Waals surface area contributed by atoms with Gasteiger partial charge in [-0.1, -0.05) is 0 Å². The summed E-state index contributed by atoms with van der Waals surface area (Å²) in [6.07, 6.45) is 0. The minimum absolute atomic E-state index is 0.0164. The van der Waals surface area contributed by atoms with Crippen LogP contribution in [0.3, 0.4) is 0 Å². The van der Waals surface area contributed by atoms with E-state index in [4.69, 9.17) is 5.11 Å². The Hall–Kier alpha value is -1.35. The van der Waals surface area contributed by atoms with Gasteiger partial charge in [-0.25, -0.2) is 4.39 Å². The van der Waals surface area contributed by atoms with Crippen LogP contribution in [0.4, 0.5) is 4.39 Å². The number of nitrogens with one attached hydrogen (secondary N) is 1. The summed E-state index contributed by atoms with van der Waals surface area (Å²) in [5.41, 5.74) is 2.47. The van der Waals surface area contributed by atoms with E-state index in [0.29, 0.717) is 0 Å². The van der Waals surface area contributed by atoms with Crippen molar-refractivity contribution in [2.45, 2.75) is 13.5 Å². The van der Waals surface area contributed by atoms with Crippen molar-refractivity contribution in [1.29, 1.82) is 0 Å². The van der Waals surface area contributed by atoms with Gasteiger partial charge in [0.05, 0.1) is 6.61 Å². The average Bonchev–Trinajstić information content (AvgIpc) is 2.39. The Morgan fingerprint density at radius 3 is 2.92 bits per heavy atom. The molecule has 1 heterocycles. The van der Waals surface area contributed by atoms with Crippen LogP contribution in [0.15, 0.2) is 18.2 Å². The van der Waals surface area contributed by atoms with Crippen LogP contribution < -0.4 is 0 Å². The van der Waals surface area contributed by atoms with Gasteiger partial charge in [-0.15, -0.1) is 0 Å². The lowest BCUT2D eigenvalue weighted by atomic mass is 10.1. The molecule has 0 fully saturated rings. The van der Waals surface area contributed by atoms with Crippen molar-refractivity contribution >= 4 is 10.9 Å². The topological polar surface area (TPSA) is 36.0 Å². The fraction of sp³-hybridized carbons (Fsp3) is 0.200. The van der Waals surface area contributed by atoms with Crippen LogP contribution in [0.25, 0.3) is 10.9 Å². The first kappa shape index (κ1) is 8.26. The lowest BCUT2D eigenvalue weighted by molar-refractivity contribution is 0.282. The van der Waals surface area contributed by atoms with Crippen molar-refractivity contribution < 1.29 is 9.50 Å². The van der Waals surface area contributed by atoms with Gasteiger partial charge in [-0.05, 0) is 25.1 Å². The second-order valence-electron chi connectivity index (χ2n) is 3.08. The number of hydrogen-bond acceptors (Lipinski definition) is 1. The quantitative estimate of drug-likeness (QED) is 0.691. The molecule has 0 amide bonds. The third kappa shape index (κ3) is 1.21. The van der Waals surface area contributed by atoms with Gasteiger partial charge in [0.25, 0.3) is 0 Å². The first-order valence-electron chi connectivity index (χ1n) is 4.10. The number of aromatic nitrogens is 1. The summed E-state index contributed by atoms with van der Waals surface area (Å²) in [7, 11) is 0. The summed E-state index contributed by atoms with van der Waals surface area (Å²) < 4.78 is 12.8. The highest BCUT2D eigenvalue weighted by Crippen LogP contribution is 2.22. The molecular weight excluding hydrogens is 169 g/mol. The minimum atomic E-state index is -0.266. The zero-order valence-corrected chi connectivity index (χ0v) is 7.26. The van der Waals surface area contributed by atoms with Crippen LogP contribution >= 0.6 is 0 Å². The molecule has 0 saturated carbocycles. The molecule has 2 N–H and O–H groups in total. The van der Waals surface area contributed by atoms with E-state index in [-0.39, 0.29) is 12.4 Å². The molecule has 13 heavy (non-hydrogen) atoms. The molecule has 0 unspecified atom stereocenters. The molecule has 1 aromatic carbocycles. The van der Waals surface area contributed by atoms with Crippen LogP contribution in [0, 0.1) is 12.7 Å². The highest BCUT2D eigenvalue weighted by atomic mass is 19.1. The van der Waals surface area contributed by atoms with Gasteiger partial charge >= 0.3 is 0 Å². The highest BCUT2D eigenvalue weighted by Gasteiger charge is 2.06. The van der Waals surface area contributed by atoms with E-state index in [9.17, 15) is 4.39 Å². The largest absolute Gasteiger partial charge is 0.392 e.